The number of carbonyl (C=O) groups is 1. The highest BCUT2D eigenvalue weighted by atomic mass is 16.2. The van der Waals surface area contributed by atoms with Crippen molar-refractivity contribution >= 4 is 17.3 Å². The lowest BCUT2D eigenvalue weighted by molar-refractivity contribution is -0.118. The molecule has 4 rings (SSSR count). The number of carbonyl (C=O) groups excluding carboxylic acids is 1. The van der Waals surface area contributed by atoms with Gasteiger partial charge >= 0.3 is 0 Å². The van der Waals surface area contributed by atoms with Crippen LogP contribution in [0.1, 0.15) is 24.0 Å². The number of nitrogens with zero attached hydrogens (tertiary/aromatic N) is 2. The number of fused-ring (bicyclic) bond motifs is 2. The average molecular weight is 293 g/mol. The number of hydrogen-bond acceptors (Lipinski definition) is 3. The zero-order valence-electron chi connectivity index (χ0n) is 12.7. The van der Waals surface area contributed by atoms with Gasteiger partial charge < -0.3 is 10.2 Å². The molecule has 0 saturated heterocycles. The summed E-state index contributed by atoms with van der Waals surface area (Å²) in [5.74, 6) is 0.197. The predicted molar refractivity (Wildman–Crippen MR) is 88.2 cm³/mol. The summed E-state index contributed by atoms with van der Waals surface area (Å²) in [6.45, 7) is 1.02. The maximum absolute atomic E-state index is 11.8. The topological polar surface area (TPSA) is 45.2 Å². The molecular formula is C18H19N3O. The molecule has 0 atom stereocenters. The summed E-state index contributed by atoms with van der Waals surface area (Å²) in [7, 11) is 1.86. The van der Waals surface area contributed by atoms with Gasteiger partial charge in [0, 0.05) is 37.5 Å². The van der Waals surface area contributed by atoms with Gasteiger partial charge in [-0.2, -0.15) is 0 Å². The van der Waals surface area contributed by atoms with E-state index in [0.29, 0.717) is 6.42 Å². The maximum Gasteiger partial charge on any atom is 0.227 e. The smallest absolute Gasteiger partial charge is 0.227 e. The number of pyridine rings is 1. The summed E-state index contributed by atoms with van der Waals surface area (Å²) in [6, 6.07) is 6.40. The van der Waals surface area contributed by atoms with Crippen LogP contribution in [0.3, 0.4) is 0 Å². The van der Waals surface area contributed by atoms with Crippen molar-refractivity contribution in [2.75, 3.05) is 23.8 Å². The van der Waals surface area contributed by atoms with Gasteiger partial charge in [0.1, 0.15) is 0 Å². The Labute approximate surface area is 130 Å². The molecule has 0 spiro atoms. The first-order chi connectivity index (χ1) is 10.7. The second kappa shape index (κ2) is 5.13. The summed E-state index contributed by atoms with van der Waals surface area (Å²) in [5, 5.41) is 3.43. The maximum atomic E-state index is 11.8. The molecule has 1 aromatic carbocycles. The van der Waals surface area contributed by atoms with Crippen LogP contribution in [-0.2, 0) is 17.6 Å². The Morgan fingerprint density at radius 3 is 3.00 bits per heavy atom. The van der Waals surface area contributed by atoms with Gasteiger partial charge in [-0.05, 0) is 48.1 Å². The van der Waals surface area contributed by atoms with Crippen LogP contribution in [0.15, 0.2) is 30.6 Å². The molecule has 0 unspecified atom stereocenters. The van der Waals surface area contributed by atoms with E-state index in [2.05, 4.69) is 28.5 Å². The third-order valence-corrected chi connectivity index (χ3v) is 4.71. The molecule has 4 heteroatoms. The summed E-state index contributed by atoms with van der Waals surface area (Å²) in [4.78, 5) is 18.0. The molecule has 22 heavy (non-hydrogen) atoms. The van der Waals surface area contributed by atoms with Crippen LogP contribution in [0.5, 0.6) is 0 Å². The Morgan fingerprint density at radius 1 is 1.18 bits per heavy atom. The molecule has 0 bridgehead atoms. The molecule has 3 heterocycles. The largest absolute Gasteiger partial charge is 0.384 e. The summed E-state index contributed by atoms with van der Waals surface area (Å²) in [6.07, 6.45) is 7.56. The van der Waals surface area contributed by atoms with Crippen LogP contribution in [0, 0.1) is 0 Å². The summed E-state index contributed by atoms with van der Waals surface area (Å²) >= 11 is 0. The third kappa shape index (κ3) is 2.06. The number of amides is 1. The van der Waals surface area contributed by atoms with Gasteiger partial charge in [0.2, 0.25) is 5.91 Å². The molecule has 2 aliphatic heterocycles. The number of hydrogen-bond donors (Lipinski definition) is 1. The third-order valence-electron chi connectivity index (χ3n) is 4.71. The van der Waals surface area contributed by atoms with Gasteiger partial charge in [0.25, 0.3) is 0 Å². The van der Waals surface area contributed by atoms with E-state index in [1.165, 1.54) is 22.3 Å². The van der Waals surface area contributed by atoms with Crippen molar-refractivity contribution in [2.45, 2.75) is 25.7 Å². The molecule has 0 fully saturated rings. The van der Waals surface area contributed by atoms with Crippen LogP contribution in [0.4, 0.5) is 11.4 Å². The Bertz CT molecular complexity index is 754. The molecule has 1 amide bonds. The molecule has 1 aromatic heterocycles. The van der Waals surface area contributed by atoms with Crippen molar-refractivity contribution in [2.24, 2.45) is 0 Å². The van der Waals surface area contributed by atoms with Crippen molar-refractivity contribution in [3.63, 3.8) is 0 Å². The fourth-order valence-electron chi connectivity index (χ4n) is 3.47. The first kappa shape index (κ1) is 13.3. The van der Waals surface area contributed by atoms with E-state index in [9.17, 15) is 4.79 Å². The average Bonchev–Trinajstić information content (AvgIpc) is 2.57. The number of rotatable bonds is 1. The Hall–Kier alpha value is -2.36. The zero-order chi connectivity index (χ0) is 15.1. The molecule has 2 aliphatic rings. The fraction of sp³-hybridized carbons (Fsp3) is 0.333. The number of nitrogens with one attached hydrogen (secondary N) is 1. The van der Waals surface area contributed by atoms with E-state index in [1.54, 1.807) is 4.90 Å². The van der Waals surface area contributed by atoms with Crippen LogP contribution in [-0.4, -0.2) is 24.5 Å². The van der Waals surface area contributed by atoms with E-state index < -0.39 is 0 Å². The van der Waals surface area contributed by atoms with Crippen LogP contribution in [0.25, 0.3) is 11.1 Å². The lowest BCUT2D eigenvalue weighted by Crippen LogP contribution is -2.31. The number of aryl methyl sites for hydroxylation is 1. The highest BCUT2D eigenvalue weighted by Gasteiger charge is 2.22. The zero-order valence-corrected chi connectivity index (χ0v) is 12.7. The summed E-state index contributed by atoms with van der Waals surface area (Å²) < 4.78 is 0. The van der Waals surface area contributed by atoms with Crippen molar-refractivity contribution < 1.29 is 4.79 Å². The Kier molecular flexibility index (Phi) is 3.10. The van der Waals surface area contributed by atoms with E-state index in [1.807, 2.05) is 19.4 Å². The van der Waals surface area contributed by atoms with Gasteiger partial charge in [0.15, 0.2) is 0 Å². The van der Waals surface area contributed by atoms with Crippen molar-refractivity contribution in [1.82, 2.24) is 4.98 Å². The van der Waals surface area contributed by atoms with Crippen molar-refractivity contribution in [1.29, 1.82) is 0 Å². The molecule has 0 radical (unpaired) electrons. The standard InChI is InChI=1S/C18H19N3O/c1-21-17-6-4-12(9-13(17)5-7-18(21)22)15-10-19-11-16-14(15)3-2-8-20-16/h4,6,9-11,20H,2-3,5,7-8H2,1H3. The lowest BCUT2D eigenvalue weighted by atomic mass is 9.92. The highest BCUT2D eigenvalue weighted by Crippen LogP contribution is 2.35. The number of anilines is 2. The number of benzene rings is 1. The highest BCUT2D eigenvalue weighted by molar-refractivity contribution is 5.96. The van der Waals surface area contributed by atoms with E-state index >= 15 is 0 Å². The molecule has 112 valence electrons. The molecule has 0 aliphatic carbocycles. The number of aromatic nitrogens is 1. The molecule has 0 saturated carbocycles. The van der Waals surface area contributed by atoms with Crippen molar-refractivity contribution in [3.05, 3.63) is 41.7 Å². The monoisotopic (exact) mass is 293 g/mol. The quantitative estimate of drug-likeness (QED) is 0.879. The molecule has 2 aromatic rings. The summed E-state index contributed by atoms with van der Waals surface area (Å²) in [5.41, 5.74) is 7.23. The van der Waals surface area contributed by atoms with E-state index in [-0.39, 0.29) is 5.91 Å². The molecular weight excluding hydrogens is 274 g/mol. The van der Waals surface area contributed by atoms with Gasteiger partial charge in [-0.15, -0.1) is 0 Å². The van der Waals surface area contributed by atoms with Gasteiger partial charge in [0.05, 0.1) is 11.9 Å². The Morgan fingerprint density at radius 2 is 2.09 bits per heavy atom. The minimum Gasteiger partial charge on any atom is -0.384 e. The van der Waals surface area contributed by atoms with Crippen molar-refractivity contribution in [3.8, 4) is 11.1 Å². The van der Waals surface area contributed by atoms with Gasteiger partial charge in [-0.25, -0.2) is 0 Å². The van der Waals surface area contributed by atoms with Gasteiger partial charge in [-0.1, -0.05) is 6.07 Å². The van der Waals surface area contributed by atoms with E-state index in [4.69, 9.17) is 0 Å². The van der Waals surface area contributed by atoms with Crippen LogP contribution in [0.2, 0.25) is 0 Å². The second-order valence-corrected chi connectivity index (χ2v) is 6.04. The van der Waals surface area contributed by atoms with Crippen LogP contribution < -0.4 is 10.2 Å². The van der Waals surface area contributed by atoms with Crippen LogP contribution >= 0.6 is 0 Å². The minimum atomic E-state index is 0.197. The lowest BCUT2D eigenvalue weighted by Gasteiger charge is -2.27. The SMILES string of the molecule is CN1C(=O)CCc2cc(-c3cncc4c3CCCN4)ccc21. The molecule has 4 nitrogen and oxygen atoms in total. The first-order valence-electron chi connectivity index (χ1n) is 7.84. The minimum absolute atomic E-state index is 0.197. The molecule has 1 N–H and O–H groups in total. The van der Waals surface area contributed by atoms with Gasteiger partial charge in [-0.3, -0.25) is 9.78 Å². The first-order valence-corrected chi connectivity index (χ1v) is 7.84. The predicted octanol–water partition coefficient (Wildman–Crippen LogP) is 3.02. The van der Waals surface area contributed by atoms with E-state index in [0.717, 1.165) is 37.2 Å². The Balaban J connectivity index is 1.80. The normalized spacial score (nSPS) is 16.8. The second-order valence-electron chi connectivity index (χ2n) is 6.04. The fourth-order valence-corrected chi connectivity index (χ4v) is 3.47.